The van der Waals surface area contributed by atoms with Gasteiger partial charge in [-0.15, -0.1) is 22.9 Å². The molecule has 100 valence electrons. The van der Waals surface area contributed by atoms with Crippen molar-refractivity contribution in [3.05, 3.63) is 19.2 Å². The van der Waals surface area contributed by atoms with Crippen LogP contribution < -0.4 is 0 Å². The van der Waals surface area contributed by atoms with Crippen LogP contribution in [-0.4, -0.2) is 54.3 Å². The molecule has 0 aromatic carbocycles. The highest BCUT2D eigenvalue weighted by Gasteiger charge is 2.23. The van der Waals surface area contributed by atoms with Crippen molar-refractivity contribution in [2.24, 2.45) is 0 Å². The molecule has 1 aromatic rings. The third kappa shape index (κ3) is 3.48. The molecular formula is C11H13Br2ClN2OS. The molecule has 1 aliphatic heterocycles. The molecule has 0 unspecified atom stereocenters. The summed E-state index contributed by atoms with van der Waals surface area (Å²) in [4.78, 5) is 17.3. The number of hydrogen-bond donors (Lipinski definition) is 0. The number of carbonyl (C=O) groups excluding carboxylic acids is 1. The zero-order valence-corrected chi connectivity index (χ0v) is 14.4. The first-order chi connectivity index (χ1) is 8.61. The van der Waals surface area contributed by atoms with Gasteiger partial charge < -0.3 is 4.90 Å². The summed E-state index contributed by atoms with van der Waals surface area (Å²) in [5.41, 5.74) is 0. The Hall–Kier alpha value is 0.380. The number of alkyl halides is 1. The topological polar surface area (TPSA) is 23.6 Å². The van der Waals surface area contributed by atoms with Gasteiger partial charge in [-0.1, -0.05) is 0 Å². The summed E-state index contributed by atoms with van der Waals surface area (Å²) in [5, 5.41) is 0. The lowest BCUT2D eigenvalue weighted by Gasteiger charge is -2.34. The van der Waals surface area contributed by atoms with Crippen LogP contribution in [-0.2, 0) is 0 Å². The third-order valence-electron chi connectivity index (χ3n) is 2.92. The first kappa shape index (κ1) is 14.8. The molecule has 3 nitrogen and oxygen atoms in total. The summed E-state index contributed by atoms with van der Waals surface area (Å²) < 4.78 is 1.91. The van der Waals surface area contributed by atoms with E-state index in [1.807, 2.05) is 11.0 Å². The minimum atomic E-state index is 0.122. The molecule has 1 aliphatic rings. The van der Waals surface area contributed by atoms with Gasteiger partial charge in [0, 0.05) is 43.1 Å². The van der Waals surface area contributed by atoms with Crippen molar-refractivity contribution >= 4 is 60.7 Å². The predicted molar refractivity (Wildman–Crippen MR) is 82.8 cm³/mol. The molecule has 0 aliphatic carbocycles. The van der Waals surface area contributed by atoms with Crippen molar-refractivity contribution in [2.75, 3.05) is 38.6 Å². The number of thiophene rings is 1. The summed E-state index contributed by atoms with van der Waals surface area (Å²) in [6.07, 6.45) is 0. The van der Waals surface area contributed by atoms with Crippen LogP contribution in [0.15, 0.2) is 14.3 Å². The van der Waals surface area contributed by atoms with Gasteiger partial charge in [0.05, 0.1) is 8.66 Å². The van der Waals surface area contributed by atoms with Gasteiger partial charge >= 0.3 is 0 Å². The molecule has 0 atom stereocenters. The maximum Gasteiger partial charge on any atom is 0.264 e. The standard InChI is InChI=1S/C11H13Br2ClN2OS/c12-8-7-9(18-10(8)13)11(17)16-5-3-15(2-1-14)4-6-16/h7H,1-6H2. The number of hydrogen-bond acceptors (Lipinski definition) is 3. The van der Waals surface area contributed by atoms with Gasteiger partial charge in [0.15, 0.2) is 0 Å². The Bertz CT molecular complexity index is 413. The molecule has 18 heavy (non-hydrogen) atoms. The number of halogens is 3. The van der Waals surface area contributed by atoms with Crippen molar-refractivity contribution < 1.29 is 4.79 Å². The molecule has 2 rings (SSSR count). The van der Waals surface area contributed by atoms with E-state index in [1.54, 1.807) is 0 Å². The van der Waals surface area contributed by atoms with Crippen molar-refractivity contribution in [1.82, 2.24) is 9.80 Å². The van der Waals surface area contributed by atoms with E-state index < -0.39 is 0 Å². The van der Waals surface area contributed by atoms with Gasteiger partial charge in [-0.2, -0.15) is 0 Å². The predicted octanol–water partition coefficient (Wildman–Crippen LogP) is 3.27. The lowest BCUT2D eigenvalue weighted by molar-refractivity contribution is 0.0649. The van der Waals surface area contributed by atoms with E-state index >= 15 is 0 Å². The van der Waals surface area contributed by atoms with Crippen LogP contribution in [0.5, 0.6) is 0 Å². The lowest BCUT2D eigenvalue weighted by Crippen LogP contribution is -2.48. The quantitative estimate of drug-likeness (QED) is 0.706. The van der Waals surface area contributed by atoms with Crippen LogP contribution in [0.1, 0.15) is 9.67 Å². The normalized spacial score (nSPS) is 17.2. The molecule has 7 heteroatoms. The molecule has 0 spiro atoms. The molecule has 0 radical (unpaired) electrons. The van der Waals surface area contributed by atoms with Gasteiger partial charge in [-0.3, -0.25) is 9.69 Å². The summed E-state index contributed by atoms with van der Waals surface area (Å²) in [6, 6.07) is 1.88. The van der Waals surface area contributed by atoms with Crippen LogP contribution in [0, 0.1) is 0 Å². The number of rotatable bonds is 3. The third-order valence-corrected chi connectivity index (χ3v) is 6.33. The maximum absolute atomic E-state index is 12.3. The Kier molecular flexibility index (Phi) is 5.50. The Balaban J connectivity index is 1.95. The fourth-order valence-corrected chi connectivity index (χ4v) is 4.14. The Labute approximate surface area is 132 Å². The van der Waals surface area contributed by atoms with Crippen LogP contribution >= 0.6 is 54.8 Å². The van der Waals surface area contributed by atoms with E-state index in [0.29, 0.717) is 5.88 Å². The van der Waals surface area contributed by atoms with Gasteiger partial charge in [0.1, 0.15) is 0 Å². The summed E-state index contributed by atoms with van der Waals surface area (Å²) in [6.45, 7) is 4.28. The van der Waals surface area contributed by atoms with Crippen LogP contribution in [0.2, 0.25) is 0 Å². The molecule has 0 saturated carbocycles. The molecule has 2 heterocycles. The van der Waals surface area contributed by atoms with Crippen LogP contribution in [0.4, 0.5) is 0 Å². The molecule has 1 amide bonds. The molecule has 1 saturated heterocycles. The number of amides is 1. The fourth-order valence-electron chi connectivity index (χ4n) is 1.90. The van der Waals surface area contributed by atoms with Gasteiger partial charge in [-0.25, -0.2) is 0 Å². The van der Waals surface area contributed by atoms with E-state index in [0.717, 1.165) is 45.9 Å². The van der Waals surface area contributed by atoms with E-state index in [4.69, 9.17) is 11.6 Å². The minimum absolute atomic E-state index is 0.122. The zero-order valence-electron chi connectivity index (χ0n) is 9.66. The second-order valence-corrected chi connectivity index (χ2v) is 7.66. The molecule has 0 bridgehead atoms. The summed E-state index contributed by atoms with van der Waals surface area (Å²) in [5.74, 6) is 0.774. The number of piperazine rings is 1. The molecule has 1 fully saturated rings. The van der Waals surface area contributed by atoms with E-state index in [2.05, 4.69) is 36.8 Å². The highest BCUT2D eigenvalue weighted by Crippen LogP contribution is 2.33. The zero-order chi connectivity index (χ0) is 13.1. The smallest absolute Gasteiger partial charge is 0.264 e. The Morgan fingerprint density at radius 1 is 1.33 bits per heavy atom. The Morgan fingerprint density at radius 2 is 2.00 bits per heavy atom. The van der Waals surface area contributed by atoms with Crippen molar-refractivity contribution in [2.45, 2.75) is 0 Å². The molecular weight excluding hydrogens is 403 g/mol. The van der Waals surface area contributed by atoms with Gasteiger partial charge in [-0.05, 0) is 37.9 Å². The monoisotopic (exact) mass is 414 g/mol. The second-order valence-electron chi connectivity index (χ2n) is 4.06. The van der Waals surface area contributed by atoms with E-state index in [-0.39, 0.29) is 5.91 Å². The minimum Gasteiger partial charge on any atom is -0.335 e. The first-order valence-electron chi connectivity index (χ1n) is 5.64. The number of nitrogens with zero attached hydrogens (tertiary/aromatic N) is 2. The lowest BCUT2D eigenvalue weighted by atomic mass is 10.3. The van der Waals surface area contributed by atoms with Crippen molar-refractivity contribution in [1.29, 1.82) is 0 Å². The largest absolute Gasteiger partial charge is 0.335 e. The molecule has 0 N–H and O–H groups in total. The highest BCUT2D eigenvalue weighted by molar-refractivity contribution is 9.13. The van der Waals surface area contributed by atoms with Crippen molar-refractivity contribution in [3.63, 3.8) is 0 Å². The maximum atomic E-state index is 12.3. The summed E-state index contributed by atoms with van der Waals surface area (Å²) >= 11 is 14.0. The van der Waals surface area contributed by atoms with Crippen LogP contribution in [0.25, 0.3) is 0 Å². The van der Waals surface area contributed by atoms with Gasteiger partial charge in [0.2, 0.25) is 0 Å². The average molecular weight is 417 g/mol. The Morgan fingerprint density at radius 3 is 2.50 bits per heavy atom. The summed E-state index contributed by atoms with van der Waals surface area (Å²) in [7, 11) is 0. The SMILES string of the molecule is O=C(c1cc(Br)c(Br)s1)N1CCN(CCCl)CC1. The van der Waals surface area contributed by atoms with Gasteiger partial charge in [0.25, 0.3) is 5.91 Å². The van der Waals surface area contributed by atoms with Crippen molar-refractivity contribution in [3.8, 4) is 0 Å². The van der Waals surface area contributed by atoms with E-state index in [1.165, 1.54) is 11.3 Å². The number of carbonyl (C=O) groups is 1. The fraction of sp³-hybridized carbons (Fsp3) is 0.545. The first-order valence-corrected chi connectivity index (χ1v) is 8.58. The van der Waals surface area contributed by atoms with E-state index in [9.17, 15) is 4.79 Å². The highest BCUT2D eigenvalue weighted by atomic mass is 79.9. The average Bonchev–Trinajstić information content (AvgIpc) is 2.70. The van der Waals surface area contributed by atoms with Crippen LogP contribution in [0.3, 0.4) is 0 Å². The molecule has 1 aromatic heterocycles. The second kappa shape index (κ2) is 6.70.